The van der Waals surface area contributed by atoms with E-state index in [0.29, 0.717) is 13.0 Å². The van der Waals surface area contributed by atoms with Gasteiger partial charge in [0.1, 0.15) is 18.1 Å². The van der Waals surface area contributed by atoms with Crippen LogP contribution in [-0.4, -0.2) is 30.1 Å². The van der Waals surface area contributed by atoms with Gasteiger partial charge < -0.3 is 14.6 Å². The second-order valence-electron chi connectivity index (χ2n) is 8.26. The van der Waals surface area contributed by atoms with Crippen LogP contribution in [0, 0.1) is 19.3 Å². The van der Waals surface area contributed by atoms with Crippen LogP contribution >= 0.6 is 11.8 Å². The van der Waals surface area contributed by atoms with E-state index in [1.807, 2.05) is 65.0 Å². The van der Waals surface area contributed by atoms with Crippen LogP contribution < -0.4 is 9.47 Å². The number of aryl methyl sites for hydroxylation is 2. The van der Waals surface area contributed by atoms with Gasteiger partial charge in [0.05, 0.1) is 6.61 Å². The van der Waals surface area contributed by atoms with E-state index >= 15 is 0 Å². The highest BCUT2D eigenvalue weighted by atomic mass is 32.2. The third kappa shape index (κ3) is 7.41. The Bertz CT molecular complexity index is 899. The molecule has 2 aromatic carbocycles. The standard InChI is InChI=1S/C24H30O5S/c1-16-13-18(8-10-20(16)28-12-6-7-23(26)27)30-19-9-11-21(17(2)14-19)29-15-22(25)24(3,4)5/h8-11,13-14H,6-7,12,15H2,1-5H3,(H,26,27). The van der Waals surface area contributed by atoms with Gasteiger partial charge in [0, 0.05) is 21.6 Å². The van der Waals surface area contributed by atoms with E-state index in [4.69, 9.17) is 14.6 Å². The van der Waals surface area contributed by atoms with Gasteiger partial charge in [-0.2, -0.15) is 0 Å². The van der Waals surface area contributed by atoms with E-state index in [0.717, 1.165) is 32.4 Å². The van der Waals surface area contributed by atoms with Gasteiger partial charge in [0.2, 0.25) is 0 Å². The number of carbonyl (C=O) groups is 2. The largest absolute Gasteiger partial charge is 0.493 e. The van der Waals surface area contributed by atoms with E-state index in [1.54, 1.807) is 11.8 Å². The predicted octanol–water partition coefficient (Wildman–Crippen LogP) is 5.69. The van der Waals surface area contributed by atoms with Crippen molar-refractivity contribution in [3.63, 3.8) is 0 Å². The van der Waals surface area contributed by atoms with Crippen LogP contribution in [0.1, 0.15) is 44.7 Å². The number of hydrogen-bond donors (Lipinski definition) is 1. The third-order valence-corrected chi connectivity index (χ3v) is 5.50. The lowest BCUT2D eigenvalue weighted by atomic mass is 9.91. The second-order valence-corrected chi connectivity index (χ2v) is 9.41. The fourth-order valence-electron chi connectivity index (χ4n) is 2.60. The fraction of sp³-hybridized carbons (Fsp3) is 0.417. The first-order valence-corrected chi connectivity index (χ1v) is 10.8. The van der Waals surface area contributed by atoms with Crippen LogP contribution in [-0.2, 0) is 9.59 Å². The summed E-state index contributed by atoms with van der Waals surface area (Å²) < 4.78 is 11.4. The Hall–Kier alpha value is -2.47. The molecule has 0 aliphatic rings. The SMILES string of the molecule is Cc1cc(Sc2ccc(OCC(=O)C(C)(C)C)c(C)c2)ccc1OCCCC(=O)O. The summed E-state index contributed by atoms with van der Waals surface area (Å²) in [6, 6.07) is 11.9. The topological polar surface area (TPSA) is 72.8 Å². The molecule has 0 saturated carbocycles. The van der Waals surface area contributed by atoms with E-state index < -0.39 is 11.4 Å². The van der Waals surface area contributed by atoms with Gasteiger partial charge >= 0.3 is 5.97 Å². The molecular weight excluding hydrogens is 400 g/mol. The zero-order valence-corrected chi connectivity index (χ0v) is 19.1. The van der Waals surface area contributed by atoms with E-state index in [1.165, 1.54) is 0 Å². The van der Waals surface area contributed by atoms with Crippen molar-refractivity contribution < 1.29 is 24.2 Å². The molecule has 0 aliphatic carbocycles. The van der Waals surface area contributed by atoms with Crippen molar-refractivity contribution in [2.75, 3.05) is 13.2 Å². The molecule has 0 aliphatic heterocycles. The highest BCUT2D eigenvalue weighted by molar-refractivity contribution is 7.99. The number of hydrogen-bond acceptors (Lipinski definition) is 5. The zero-order chi connectivity index (χ0) is 22.3. The Morgan fingerprint density at radius 3 is 1.93 bits per heavy atom. The molecule has 30 heavy (non-hydrogen) atoms. The molecule has 0 atom stereocenters. The molecule has 2 aromatic rings. The number of ketones is 1. The van der Waals surface area contributed by atoms with Gasteiger partial charge in [-0.15, -0.1) is 0 Å². The summed E-state index contributed by atoms with van der Waals surface area (Å²) in [5.74, 6) is 0.752. The first-order chi connectivity index (χ1) is 14.1. The molecule has 0 fully saturated rings. The van der Waals surface area contributed by atoms with E-state index in [-0.39, 0.29) is 18.8 Å². The molecule has 1 N–H and O–H groups in total. The van der Waals surface area contributed by atoms with Crippen LogP contribution in [0.2, 0.25) is 0 Å². The van der Waals surface area contributed by atoms with Crippen molar-refractivity contribution in [1.82, 2.24) is 0 Å². The van der Waals surface area contributed by atoms with E-state index in [9.17, 15) is 9.59 Å². The summed E-state index contributed by atoms with van der Waals surface area (Å²) in [4.78, 5) is 24.8. The minimum absolute atomic E-state index is 0.0705. The Labute approximate surface area is 182 Å². The van der Waals surface area contributed by atoms with Gasteiger partial charge in [-0.25, -0.2) is 0 Å². The maximum absolute atomic E-state index is 12.1. The molecule has 0 amide bonds. The van der Waals surface area contributed by atoms with Crippen LogP contribution in [0.4, 0.5) is 0 Å². The molecule has 162 valence electrons. The highest BCUT2D eigenvalue weighted by Gasteiger charge is 2.21. The molecule has 0 spiro atoms. The quantitative estimate of drug-likeness (QED) is 0.488. The van der Waals surface area contributed by atoms with Crippen LogP contribution in [0.5, 0.6) is 11.5 Å². The van der Waals surface area contributed by atoms with Crippen LogP contribution in [0.25, 0.3) is 0 Å². The molecule has 0 radical (unpaired) electrons. The van der Waals surface area contributed by atoms with Crippen molar-refractivity contribution in [1.29, 1.82) is 0 Å². The monoisotopic (exact) mass is 430 g/mol. The molecule has 0 saturated heterocycles. The van der Waals surface area contributed by atoms with Crippen molar-refractivity contribution in [3.05, 3.63) is 47.5 Å². The van der Waals surface area contributed by atoms with Crippen molar-refractivity contribution >= 4 is 23.5 Å². The van der Waals surface area contributed by atoms with Crippen molar-refractivity contribution in [3.8, 4) is 11.5 Å². The maximum Gasteiger partial charge on any atom is 0.303 e. The van der Waals surface area contributed by atoms with E-state index in [2.05, 4.69) is 6.07 Å². The lowest BCUT2D eigenvalue weighted by Gasteiger charge is -2.17. The summed E-state index contributed by atoms with van der Waals surface area (Å²) in [6.07, 6.45) is 0.594. The van der Waals surface area contributed by atoms with Gasteiger partial charge in [-0.1, -0.05) is 32.5 Å². The lowest BCUT2D eigenvalue weighted by molar-refractivity contribution is -0.137. The summed E-state index contributed by atoms with van der Waals surface area (Å²) in [5.41, 5.74) is 1.58. The molecule has 5 nitrogen and oxygen atoms in total. The molecule has 2 rings (SSSR count). The molecule has 0 aromatic heterocycles. The van der Waals surface area contributed by atoms with Crippen molar-refractivity contribution in [2.45, 2.75) is 57.3 Å². The minimum atomic E-state index is -0.811. The fourth-order valence-corrected chi connectivity index (χ4v) is 3.61. The average molecular weight is 431 g/mol. The maximum atomic E-state index is 12.1. The Balaban J connectivity index is 1.96. The number of carboxylic acid groups (broad SMARTS) is 1. The smallest absolute Gasteiger partial charge is 0.303 e. The first-order valence-electron chi connectivity index (χ1n) is 9.96. The van der Waals surface area contributed by atoms with Gasteiger partial charge in [-0.05, 0) is 67.8 Å². The van der Waals surface area contributed by atoms with Crippen LogP contribution in [0.15, 0.2) is 46.2 Å². The first kappa shape index (κ1) is 23.8. The number of benzene rings is 2. The number of carbonyl (C=O) groups excluding carboxylic acids is 1. The summed E-state index contributed by atoms with van der Waals surface area (Å²) >= 11 is 1.64. The average Bonchev–Trinajstić information content (AvgIpc) is 2.64. The Kier molecular flexibility index (Phi) is 8.35. The molecule has 0 heterocycles. The molecule has 0 bridgehead atoms. The highest BCUT2D eigenvalue weighted by Crippen LogP contribution is 2.33. The number of aliphatic carboxylic acids is 1. The van der Waals surface area contributed by atoms with Gasteiger partial charge in [-0.3, -0.25) is 9.59 Å². The minimum Gasteiger partial charge on any atom is -0.493 e. The number of Topliss-reactive ketones (excluding diaryl/α,β-unsaturated/α-hetero) is 1. The third-order valence-electron chi connectivity index (χ3n) is 4.52. The summed E-state index contributed by atoms with van der Waals surface area (Å²) in [6.45, 7) is 10.1. The van der Waals surface area contributed by atoms with Crippen LogP contribution in [0.3, 0.4) is 0 Å². The molecular formula is C24H30O5S. The summed E-state index contributed by atoms with van der Waals surface area (Å²) in [5, 5.41) is 8.68. The lowest BCUT2D eigenvalue weighted by Crippen LogP contribution is -2.26. The normalized spacial score (nSPS) is 11.2. The predicted molar refractivity (Wildman–Crippen MR) is 119 cm³/mol. The molecule has 0 unspecified atom stereocenters. The Morgan fingerprint density at radius 1 is 0.933 bits per heavy atom. The Morgan fingerprint density at radius 2 is 1.47 bits per heavy atom. The summed E-state index contributed by atoms with van der Waals surface area (Å²) in [7, 11) is 0. The van der Waals surface area contributed by atoms with Gasteiger partial charge in [0.25, 0.3) is 0 Å². The van der Waals surface area contributed by atoms with Crippen molar-refractivity contribution in [2.24, 2.45) is 5.41 Å². The zero-order valence-electron chi connectivity index (χ0n) is 18.3. The second kappa shape index (κ2) is 10.5. The molecule has 6 heteroatoms. The number of carboxylic acids is 1. The van der Waals surface area contributed by atoms with Gasteiger partial charge in [0.15, 0.2) is 5.78 Å². The number of ether oxygens (including phenoxy) is 2. The number of rotatable bonds is 10.